The number of nitrogens with zero attached hydrogens (tertiary/aromatic N) is 2. The van der Waals surface area contributed by atoms with Crippen LogP contribution in [0, 0.1) is 22.9 Å². The average molecular weight is 652 g/mol. The third-order valence-corrected chi connectivity index (χ3v) is 7.96. The molecule has 0 spiro atoms. The zero-order chi connectivity index (χ0) is 34.4. The first-order valence-corrected chi connectivity index (χ1v) is 16.4. The van der Waals surface area contributed by atoms with Crippen molar-refractivity contribution in [3.63, 3.8) is 0 Å². The Balaban J connectivity index is 0.000000959. The lowest BCUT2D eigenvalue weighted by Crippen LogP contribution is -2.18. The minimum Gasteiger partial charge on any atom is -0.383 e. The lowest BCUT2D eigenvalue weighted by molar-refractivity contribution is -0.384. The number of nitro groups is 1. The first kappa shape index (κ1) is 37.5. The number of sulfonamides is 1. The molecule has 0 aliphatic heterocycles. The molecule has 0 fully saturated rings. The first-order chi connectivity index (χ1) is 21.9. The van der Waals surface area contributed by atoms with Crippen LogP contribution in [-0.2, 0) is 10.0 Å². The van der Waals surface area contributed by atoms with Gasteiger partial charge in [-0.3, -0.25) is 20.8 Å². The van der Waals surface area contributed by atoms with Gasteiger partial charge in [0.25, 0.3) is 5.69 Å². The molecule has 4 rings (SSSR count). The highest BCUT2D eigenvalue weighted by atomic mass is 32.2. The van der Waals surface area contributed by atoms with Crippen LogP contribution in [-0.4, -0.2) is 24.4 Å². The van der Waals surface area contributed by atoms with Crippen molar-refractivity contribution in [2.24, 2.45) is 15.9 Å². The van der Waals surface area contributed by atoms with Crippen molar-refractivity contribution < 1.29 is 22.9 Å². The minimum absolute atomic E-state index is 0.0492. The summed E-state index contributed by atoms with van der Waals surface area (Å²) in [4.78, 5) is 15.3. The monoisotopic (exact) mass is 651 g/mol. The number of nitrogens with two attached hydrogens (primary N) is 2. The van der Waals surface area contributed by atoms with Crippen molar-refractivity contribution >= 4 is 32.8 Å². The standard InChI is InChI=1S/C29H29FN4O4S.C3H7NO.C2H6/c1-3-22(19-8-6-7-18(2)15-19)24-13-12-21(34(35)36)17-25(24)29(31)33-27-14-11-20(16-26(27)30)23-9-4-5-10-28(23)39(32,37)38;1-2-3-4-5;1-2/h5-8,10-17,22H,3-4,9H2,1-2H3,(H2,31,33)(H2,32,37,38);2-5H,1H3;1-2H3/b;3-2+;. The lowest BCUT2D eigenvalue weighted by Gasteiger charge is -2.20. The van der Waals surface area contributed by atoms with Gasteiger partial charge in [-0.1, -0.05) is 74.9 Å². The Morgan fingerprint density at radius 1 is 1.17 bits per heavy atom. The largest absolute Gasteiger partial charge is 0.383 e. The number of non-ortho nitro benzene ring substituents is 1. The number of amidine groups is 1. The van der Waals surface area contributed by atoms with E-state index in [9.17, 15) is 18.5 Å². The van der Waals surface area contributed by atoms with Gasteiger partial charge in [-0.25, -0.2) is 22.9 Å². The fourth-order valence-corrected chi connectivity index (χ4v) is 5.80. The second kappa shape index (κ2) is 17.7. The molecule has 12 heteroatoms. The van der Waals surface area contributed by atoms with Crippen molar-refractivity contribution in [1.29, 1.82) is 0 Å². The third-order valence-electron chi connectivity index (χ3n) is 6.96. The summed E-state index contributed by atoms with van der Waals surface area (Å²) < 4.78 is 39.3. The number of hydroxylamine groups is 1. The maximum atomic E-state index is 15.3. The van der Waals surface area contributed by atoms with Crippen LogP contribution in [0.2, 0.25) is 0 Å². The van der Waals surface area contributed by atoms with Gasteiger partial charge in [0.1, 0.15) is 17.3 Å². The van der Waals surface area contributed by atoms with Gasteiger partial charge >= 0.3 is 0 Å². The molecule has 1 unspecified atom stereocenters. The Kier molecular flexibility index (Phi) is 14.5. The van der Waals surface area contributed by atoms with Gasteiger partial charge in [-0.05, 0) is 73.6 Å². The highest BCUT2D eigenvalue weighted by Gasteiger charge is 2.23. The summed E-state index contributed by atoms with van der Waals surface area (Å²) in [6.07, 6.45) is 7.94. The molecule has 46 heavy (non-hydrogen) atoms. The molecular weight excluding hydrogens is 609 g/mol. The van der Waals surface area contributed by atoms with Crippen LogP contribution in [0.4, 0.5) is 15.8 Å². The van der Waals surface area contributed by atoms with E-state index in [1.807, 2.05) is 58.3 Å². The summed E-state index contributed by atoms with van der Waals surface area (Å²) in [6, 6.07) is 16.6. The van der Waals surface area contributed by atoms with Crippen LogP contribution in [0.15, 0.2) is 95.0 Å². The van der Waals surface area contributed by atoms with E-state index in [4.69, 9.17) is 16.1 Å². The van der Waals surface area contributed by atoms with Crippen LogP contribution in [0.1, 0.15) is 80.7 Å². The quantitative estimate of drug-likeness (QED) is 0.0802. The Hall–Kier alpha value is -4.65. The van der Waals surface area contributed by atoms with E-state index in [0.29, 0.717) is 36.0 Å². The van der Waals surface area contributed by atoms with Gasteiger partial charge in [-0.15, -0.1) is 0 Å². The van der Waals surface area contributed by atoms with Crippen molar-refractivity contribution in [1.82, 2.24) is 5.48 Å². The summed E-state index contributed by atoms with van der Waals surface area (Å²) in [5.74, 6) is -0.912. The molecule has 1 aliphatic rings. The SMILES string of the molecule is C/C=C/NO.CC.CCC(c1cccc(C)c1)c1ccc([N+](=O)[O-])cc1C(N)=Nc1ccc(C2=C(S(N)(=O)=O)C=CCC2)cc1F. The van der Waals surface area contributed by atoms with Crippen molar-refractivity contribution in [2.75, 3.05) is 0 Å². The second-order valence-electron chi connectivity index (χ2n) is 10.0. The maximum absolute atomic E-state index is 15.3. The van der Waals surface area contributed by atoms with Crippen molar-refractivity contribution in [3.8, 4) is 0 Å². The average Bonchev–Trinajstić information content (AvgIpc) is 3.03. The zero-order valence-corrected chi connectivity index (χ0v) is 27.5. The number of nitrogens with one attached hydrogen (secondary N) is 1. The van der Waals surface area contributed by atoms with E-state index < -0.39 is 20.8 Å². The molecule has 3 aromatic rings. The molecule has 0 aromatic heterocycles. The van der Waals surface area contributed by atoms with Gasteiger partial charge < -0.3 is 5.73 Å². The lowest BCUT2D eigenvalue weighted by atomic mass is 9.85. The minimum atomic E-state index is -3.99. The van der Waals surface area contributed by atoms with E-state index in [1.54, 1.807) is 24.3 Å². The summed E-state index contributed by atoms with van der Waals surface area (Å²) in [7, 11) is -3.99. The fourth-order valence-electron chi connectivity index (χ4n) is 4.95. The Labute approximate surface area is 270 Å². The smallest absolute Gasteiger partial charge is 0.270 e. The number of aryl methyl sites for hydroxylation is 1. The highest BCUT2D eigenvalue weighted by molar-refractivity contribution is 7.93. The number of halogens is 1. The normalized spacial score (nSPS) is 13.8. The number of allylic oxidation sites excluding steroid dienone is 4. The molecule has 0 saturated heterocycles. The number of hydrogen-bond acceptors (Lipinski definition) is 7. The van der Waals surface area contributed by atoms with Crippen LogP contribution < -0.4 is 16.4 Å². The second-order valence-corrected chi connectivity index (χ2v) is 11.6. The predicted octanol–water partition coefficient (Wildman–Crippen LogP) is 7.50. The van der Waals surface area contributed by atoms with Crippen LogP contribution in [0.5, 0.6) is 0 Å². The number of hydrogen-bond donors (Lipinski definition) is 4. The number of nitro benzene ring substituents is 1. The molecule has 0 bridgehead atoms. The summed E-state index contributed by atoms with van der Waals surface area (Å²) in [5, 5.41) is 24.6. The molecule has 10 nitrogen and oxygen atoms in total. The molecule has 1 atom stereocenters. The zero-order valence-electron chi connectivity index (χ0n) is 26.7. The van der Waals surface area contributed by atoms with Crippen LogP contribution in [0.25, 0.3) is 5.57 Å². The van der Waals surface area contributed by atoms with Gasteiger partial charge in [0.15, 0.2) is 0 Å². The molecule has 0 saturated carbocycles. The van der Waals surface area contributed by atoms with Crippen molar-refractivity contribution in [3.05, 3.63) is 134 Å². The Morgan fingerprint density at radius 3 is 2.43 bits per heavy atom. The highest BCUT2D eigenvalue weighted by Crippen LogP contribution is 2.35. The molecule has 246 valence electrons. The van der Waals surface area contributed by atoms with E-state index >= 15 is 4.39 Å². The van der Waals surface area contributed by atoms with Crippen molar-refractivity contribution in [2.45, 2.75) is 59.8 Å². The van der Waals surface area contributed by atoms with E-state index in [0.717, 1.165) is 16.7 Å². The van der Waals surface area contributed by atoms with Crippen LogP contribution >= 0.6 is 0 Å². The van der Waals surface area contributed by atoms with Gasteiger partial charge in [0, 0.05) is 29.8 Å². The molecule has 6 N–H and O–H groups in total. The van der Waals surface area contributed by atoms with Gasteiger partial charge in [0.2, 0.25) is 10.0 Å². The summed E-state index contributed by atoms with van der Waals surface area (Å²) in [5.41, 5.74) is 12.0. The van der Waals surface area contributed by atoms with Crippen LogP contribution in [0.3, 0.4) is 0 Å². The Morgan fingerprint density at radius 2 is 1.89 bits per heavy atom. The van der Waals surface area contributed by atoms with Gasteiger partial charge in [-0.2, -0.15) is 0 Å². The molecule has 3 aromatic carbocycles. The molecular formula is C34H42FN5O5S. The fraction of sp³-hybridized carbons (Fsp3) is 0.265. The Bertz CT molecular complexity index is 1750. The summed E-state index contributed by atoms with van der Waals surface area (Å²) in [6.45, 7) is 9.80. The van der Waals surface area contributed by atoms with Gasteiger partial charge in [0.05, 0.1) is 9.83 Å². The number of benzene rings is 3. The molecule has 0 amide bonds. The molecule has 0 radical (unpaired) electrons. The predicted molar refractivity (Wildman–Crippen MR) is 183 cm³/mol. The van der Waals surface area contributed by atoms with E-state index in [1.165, 1.54) is 36.5 Å². The molecule has 0 heterocycles. The molecule has 1 aliphatic carbocycles. The summed E-state index contributed by atoms with van der Waals surface area (Å²) >= 11 is 0. The number of primary sulfonamides is 1. The maximum Gasteiger partial charge on any atom is 0.270 e. The topological polar surface area (TPSA) is 174 Å². The first-order valence-electron chi connectivity index (χ1n) is 14.8. The third kappa shape index (κ3) is 9.93. The van der Waals surface area contributed by atoms with E-state index in [-0.39, 0.29) is 28.0 Å². The number of rotatable bonds is 9. The van der Waals surface area contributed by atoms with E-state index in [2.05, 4.69) is 11.1 Å². The number of aliphatic imine (C=N–C) groups is 1.